The molecule has 0 spiro atoms. The van der Waals surface area contributed by atoms with Gasteiger partial charge in [0.05, 0.1) is 10.5 Å². The van der Waals surface area contributed by atoms with Crippen LogP contribution in [0.4, 0.5) is 5.69 Å². The molecule has 1 aromatic rings. The number of carbonyl (C=O) groups is 1. The van der Waals surface area contributed by atoms with Gasteiger partial charge in [-0.25, -0.2) is 0 Å². The number of nitro benzene ring substituents is 1. The predicted molar refractivity (Wildman–Crippen MR) is 81.3 cm³/mol. The van der Waals surface area contributed by atoms with E-state index in [2.05, 4.69) is 37.2 Å². The fraction of sp³-hybridized carbons (Fsp3) is 0.417. The molecule has 0 aliphatic carbocycles. The van der Waals surface area contributed by atoms with Crippen LogP contribution in [-0.2, 0) is 0 Å². The second kappa shape index (κ2) is 6.47. The van der Waals surface area contributed by atoms with Crippen molar-refractivity contribution < 1.29 is 9.72 Å². The van der Waals surface area contributed by atoms with Gasteiger partial charge in [-0.1, -0.05) is 37.9 Å². The summed E-state index contributed by atoms with van der Waals surface area (Å²) in [5.74, 6) is -0.447. The zero-order chi connectivity index (χ0) is 14.6. The van der Waals surface area contributed by atoms with Crippen LogP contribution in [-0.4, -0.2) is 27.0 Å². The third-order valence-corrected chi connectivity index (χ3v) is 5.07. The molecule has 0 saturated heterocycles. The van der Waals surface area contributed by atoms with Gasteiger partial charge in [0.2, 0.25) is 0 Å². The maximum Gasteiger partial charge on any atom is 0.282 e. The van der Waals surface area contributed by atoms with Gasteiger partial charge in [-0.3, -0.25) is 14.9 Å². The fourth-order valence-electron chi connectivity index (χ4n) is 1.43. The Morgan fingerprint density at radius 3 is 2.47 bits per heavy atom. The molecule has 1 rings (SSSR count). The quantitative estimate of drug-likeness (QED) is 0.474. The van der Waals surface area contributed by atoms with Gasteiger partial charge < -0.3 is 5.32 Å². The first-order chi connectivity index (χ1) is 8.83. The van der Waals surface area contributed by atoms with Crippen molar-refractivity contribution in [2.45, 2.75) is 19.4 Å². The molecule has 1 amide bonds. The van der Waals surface area contributed by atoms with Crippen molar-refractivity contribution in [3.63, 3.8) is 0 Å². The Balaban J connectivity index is 3.12. The Kier molecular flexibility index (Phi) is 5.49. The number of nitrogens with zero attached hydrogens (tertiary/aromatic N) is 1. The molecule has 0 aliphatic heterocycles. The summed E-state index contributed by atoms with van der Waals surface area (Å²) in [6, 6.07) is 4.49. The molecule has 0 aromatic heterocycles. The lowest BCUT2D eigenvalue weighted by Crippen LogP contribution is -2.49. The van der Waals surface area contributed by atoms with E-state index in [0.29, 0.717) is 10.7 Å². The second-order valence-electron chi connectivity index (χ2n) is 4.56. The first-order valence-corrected chi connectivity index (χ1v) is 7.77. The minimum Gasteiger partial charge on any atom is -0.345 e. The molecule has 0 bridgehead atoms. The summed E-state index contributed by atoms with van der Waals surface area (Å²) >= 11 is 6.63. The first-order valence-electron chi connectivity index (χ1n) is 5.52. The lowest BCUT2D eigenvalue weighted by molar-refractivity contribution is -0.385. The number of aryl methyl sites for hydroxylation is 1. The molecule has 0 fully saturated rings. The molecule has 104 valence electrons. The van der Waals surface area contributed by atoms with Crippen LogP contribution in [0.15, 0.2) is 18.2 Å². The topological polar surface area (TPSA) is 72.2 Å². The molecule has 0 heterocycles. The number of hydrogen-bond acceptors (Lipinski definition) is 3. The number of carbonyl (C=O) groups excluding carboxylic acids is 1. The molecule has 1 N–H and O–H groups in total. The number of nitrogens with one attached hydrogen (secondary N) is 1. The van der Waals surface area contributed by atoms with Crippen LogP contribution >= 0.6 is 31.9 Å². The zero-order valence-corrected chi connectivity index (χ0v) is 13.7. The van der Waals surface area contributed by atoms with Crippen molar-refractivity contribution in [1.29, 1.82) is 0 Å². The second-order valence-corrected chi connectivity index (χ2v) is 5.68. The van der Waals surface area contributed by atoms with E-state index in [0.717, 1.165) is 5.56 Å². The Labute approximate surface area is 128 Å². The molecule has 0 aliphatic rings. The van der Waals surface area contributed by atoms with Crippen LogP contribution in [0.2, 0.25) is 0 Å². The summed E-state index contributed by atoms with van der Waals surface area (Å²) in [4.78, 5) is 22.6. The fourth-order valence-corrected chi connectivity index (χ4v) is 2.64. The molecule has 0 atom stereocenters. The average Bonchev–Trinajstić information content (AvgIpc) is 2.38. The van der Waals surface area contributed by atoms with Crippen LogP contribution in [0.1, 0.15) is 22.8 Å². The third kappa shape index (κ3) is 4.01. The van der Waals surface area contributed by atoms with E-state index in [1.165, 1.54) is 12.1 Å². The highest BCUT2D eigenvalue weighted by atomic mass is 79.9. The van der Waals surface area contributed by atoms with Gasteiger partial charge in [0, 0.05) is 16.7 Å². The van der Waals surface area contributed by atoms with Crippen molar-refractivity contribution in [2.75, 3.05) is 10.7 Å². The molecule has 0 saturated carbocycles. The van der Waals surface area contributed by atoms with E-state index in [-0.39, 0.29) is 11.3 Å². The van der Waals surface area contributed by atoms with Crippen molar-refractivity contribution in [3.8, 4) is 0 Å². The summed E-state index contributed by atoms with van der Waals surface area (Å²) in [6.07, 6.45) is 0. The smallest absolute Gasteiger partial charge is 0.282 e. The van der Waals surface area contributed by atoms with E-state index in [9.17, 15) is 14.9 Å². The lowest BCUT2D eigenvalue weighted by Gasteiger charge is -2.26. The van der Waals surface area contributed by atoms with E-state index < -0.39 is 16.4 Å². The molecule has 5 nitrogen and oxygen atoms in total. The van der Waals surface area contributed by atoms with Gasteiger partial charge in [-0.15, -0.1) is 0 Å². The number of rotatable bonds is 5. The summed E-state index contributed by atoms with van der Waals surface area (Å²) in [5, 5.41) is 14.8. The van der Waals surface area contributed by atoms with E-state index in [4.69, 9.17) is 0 Å². The highest BCUT2D eigenvalue weighted by Gasteiger charge is 2.28. The molecular weight excluding hydrogens is 380 g/mol. The van der Waals surface area contributed by atoms with Crippen LogP contribution in [0.5, 0.6) is 0 Å². The predicted octanol–water partition coefficient (Wildman–Crippen LogP) is 3.18. The van der Waals surface area contributed by atoms with Gasteiger partial charge in [0.15, 0.2) is 0 Å². The number of amides is 1. The summed E-state index contributed by atoms with van der Waals surface area (Å²) in [7, 11) is 0. The van der Waals surface area contributed by atoms with E-state index >= 15 is 0 Å². The van der Waals surface area contributed by atoms with Gasteiger partial charge in [-0.2, -0.15) is 0 Å². The number of halogens is 2. The summed E-state index contributed by atoms with van der Waals surface area (Å²) in [6.45, 7) is 3.63. The maximum absolute atomic E-state index is 12.2. The summed E-state index contributed by atoms with van der Waals surface area (Å²) in [5.41, 5.74) is 0.192. The Morgan fingerprint density at radius 1 is 1.42 bits per heavy atom. The molecule has 0 unspecified atom stereocenters. The Hall–Kier alpha value is -0.950. The van der Waals surface area contributed by atoms with Crippen LogP contribution < -0.4 is 5.32 Å². The van der Waals surface area contributed by atoms with Gasteiger partial charge >= 0.3 is 0 Å². The first kappa shape index (κ1) is 16.1. The standard InChI is InChI=1S/C12H14Br2N2O3/c1-8-3-4-10(16(18)19)9(5-8)11(17)15-12(2,6-13)7-14/h3-5H,6-7H2,1-2H3,(H,15,17). The summed E-state index contributed by atoms with van der Waals surface area (Å²) < 4.78 is 0. The van der Waals surface area contributed by atoms with Crippen LogP contribution in [0.3, 0.4) is 0 Å². The third-order valence-electron chi connectivity index (χ3n) is 2.60. The monoisotopic (exact) mass is 392 g/mol. The van der Waals surface area contributed by atoms with Crippen molar-refractivity contribution >= 4 is 43.5 Å². The molecule has 0 radical (unpaired) electrons. The van der Waals surface area contributed by atoms with E-state index in [1.54, 1.807) is 13.0 Å². The Morgan fingerprint density at radius 2 is 2.00 bits per heavy atom. The highest BCUT2D eigenvalue weighted by molar-refractivity contribution is 9.09. The van der Waals surface area contributed by atoms with Crippen LogP contribution in [0, 0.1) is 17.0 Å². The molecule has 7 heteroatoms. The lowest BCUT2D eigenvalue weighted by atomic mass is 10.1. The zero-order valence-electron chi connectivity index (χ0n) is 10.6. The van der Waals surface area contributed by atoms with Crippen molar-refractivity contribution in [3.05, 3.63) is 39.4 Å². The normalized spacial score (nSPS) is 11.2. The Bertz CT molecular complexity index is 502. The number of nitro groups is 1. The van der Waals surface area contributed by atoms with Crippen LogP contribution in [0.25, 0.3) is 0 Å². The maximum atomic E-state index is 12.2. The highest BCUT2D eigenvalue weighted by Crippen LogP contribution is 2.21. The van der Waals surface area contributed by atoms with Gasteiger partial charge in [0.1, 0.15) is 5.56 Å². The minimum atomic E-state index is -0.548. The van der Waals surface area contributed by atoms with Crippen molar-refractivity contribution in [1.82, 2.24) is 5.32 Å². The van der Waals surface area contributed by atoms with Gasteiger partial charge in [0.25, 0.3) is 11.6 Å². The number of benzene rings is 1. The molecular formula is C12H14Br2N2O3. The molecule has 1 aromatic carbocycles. The van der Waals surface area contributed by atoms with Crippen molar-refractivity contribution in [2.24, 2.45) is 0 Å². The average molecular weight is 394 g/mol. The number of hydrogen-bond donors (Lipinski definition) is 1. The molecule has 19 heavy (non-hydrogen) atoms. The largest absolute Gasteiger partial charge is 0.345 e. The van der Waals surface area contributed by atoms with E-state index in [1.807, 2.05) is 6.92 Å². The van der Waals surface area contributed by atoms with Gasteiger partial charge in [-0.05, 0) is 25.5 Å². The number of alkyl halides is 2. The SMILES string of the molecule is Cc1ccc([N+](=O)[O-])c(C(=O)NC(C)(CBr)CBr)c1. The minimum absolute atomic E-state index is 0.0816.